The molecule has 1 heterocycles. The van der Waals surface area contributed by atoms with Crippen LogP contribution in [0.15, 0.2) is 46.9 Å². The Balaban J connectivity index is 2.22. The van der Waals surface area contributed by atoms with Gasteiger partial charge < -0.3 is 9.52 Å². The first kappa shape index (κ1) is 12.7. The second-order valence-electron chi connectivity index (χ2n) is 4.29. The van der Waals surface area contributed by atoms with Crippen LogP contribution in [-0.2, 0) is 0 Å². The van der Waals surface area contributed by atoms with Crippen LogP contribution in [0.5, 0.6) is 0 Å². The van der Waals surface area contributed by atoms with Crippen molar-refractivity contribution in [2.45, 2.75) is 0 Å². The molecule has 5 heteroatoms. The molecule has 2 aromatic carbocycles. The fraction of sp³-hybridized carbons (Fsp3) is 0. The third-order valence-electron chi connectivity index (χ3n) is 2.94. The van der Waals surface area contributed by atoms with Gasteiger partial charge in [0.25, 0.3) is 0 Å². The predicted octanol–water partition coefficient (Wildman–Crippen LogP) is 4.59. The van der Waals surface area contributed by atoms with Crippen molar-refractivity contribution in [3.05, 3.63) is 58.9 Å². The second-order valence-corrected chi connectivity index (χ2v) is 4.73. The van der Waals surface area contributed by atoms with E-state index >= 15 is 0 Å². The second kappa shape index (κ2) is 4.65. The first-order valence-electron chi connectivity index (χ1n) is 5.77. The van der Waals surface area contributed by atoms with Crippen molar-refractivity contribution in [2.24, 2.45) is 0 Å². The van der Waals surface area contributed by atoms with Crippen molar-refractivity contribution in [3.8, 4) is 11.3 Å². The van der Waals surface area contributed by atoms with Gasteiger partial charge in [0.05, 0.1) is 0 Å². The minimum Gasteiger partial charge on any atom is -0.478 e. The molecule has 1 N–H and O–H groups in total. The molecule has 1 aromatic heterocycles. The topological polar surface area (TPSA) is 50.4 Å². The van der Waals surface area contributed by atoms with Crippen LogP contribution < -0.4 is 0 Å². The summed E-state index contributed by atoms with van der Waals surface area (Å²) in [5.41, 5.74) is 0.914. The molecule has 0 aliphatic carbocycles. The maximum absolute atomic E-state index is 12.9. The minimum atomic E-state index is -1.11. The molecule has 3 nitrogen and oxygen atoms in total. The first-order chi connectivity index (χ1) is 9.54. The molecule has 0 atom stereocenters. The molecule has 0 fully saturated rings. The average molecular weight is 291 g/mol. The highest BCUT2D eigenvalue weighted by molar-refractivity contribution is 6.32. The molecule has 0 aliphatic rings. The van der Waals surface area contributed by atoms with Crippen molar-refractivity contribution in [1.29, 1.82) is 0 Å². The molecule has 100 valence electrons. The standard InChI is InChI=1S/C15H8ClFO3/c16-10-5-9-6-13(8-1-3-11(17)4-2-8)20-14(9)12(7-10)15(18)19/h1-7H,(H,18,19). The monoisotopic (exact) mass is 290 g/mol. The number of aromatic carboxylic acids is 1. The Morgan fingerprint density at radius 3 is 2.50 bits per heavy atom. The SMILES string of the molecule is O=C(O)c1cc(Cl)cc2cc(-c3ccc(F)cc3)oc12. The summed E-state index contributed by atoms with van der Waals surface area (Å²) in [6.45, 7) is 0. The third kappa shape index (κ3) is 2.14. The van der Waals surface area contributed by atoms with Crippen molar-refractivity contribution in [2.75, 3.05) is 0 Å². The highest BCUT2D eigenvalue weighted by Gasteiger charge is 2.15. The van der Waals surface area contributed by atoms with Gasteiger partial charge >= 0.3 is 5.97 Å². The summed E-state index contributed by atoms with van der Waals surface area (Å²) in [4.78, 5) is 11.2. The molecule has 0 amide bonds. The summed E-state index contributed by atoms with van der Waals surface area (Å²) in [6.07, 6.45) is 0. The fourth-order valence-electron chi connectivity index (χ4n) is 2.03. The molecule has 3 aromatic rings. The first-order valence-corrected chi connectivity index (χ1v) is 6.15. The lowest BCUT2D eigenvalue weighted by Gasteiger charge is -1.98. The van der Waals surface area contributed by atoms with Crippen LogP contribution in [0.1, 0.15) is 10.4 Å². The van der Waals surface area contributed by atoms with Gasteiger partial charge in [-0.15, -0.1) is 0 Å². The Morgan fingerprint density at radius 2 is 1.85 bits per heavy atom. The number of hydrogen-bond donors (Lipinski definition) is 1. The van der Waals surface area contributed by atoms with Gasteiger partial charge in [0.2, 0.25) is 0 Å². The fourth-order valence-corrected chi connectivity index (χ4v) is 2.26. The highest BCUT2D eigenvalue weighted by Crippen LogP contribution is 2.32. The lowest BCUT2D eigenvalue weighted by atomic mass is 10.1. The van der Waals surface area contributed by atoms with Crippen molar-refractivity contribution in [1.82, 2.24) is 0 Å². The van der Waals surface area contributed by atoms with Crippen LogP contribution in [0, 0.1) is 5.82 Å². The molecule has 0 unspecified atom stereocenters. The van der Waals surface area contributed by atoms with Gasteiger partial charge in [0.1, 0.15) is 22.7 Å². The molecule has 3 rings (SSSR count). The Hall–Kier alpha value is -2.33. The van der Waals surface area contributed by atoms with Gasteiger partial charge in [-0.1, -0.05) is 11.6 Å². The summed E-state index contributed by atoms with van der Waals surface area (Å²) >= 11 is 5.89. The van der Waals surface area contributed by atoms with E-state index in [1.165, 1.54) is 18.2 Å². The van der Waals surface area contributed by atoms with E-state index in [4.69, 9.17) is 21.1 Å². The molecule has 0 saturated carbocycles. The van der Waals surface area contributed by atoms with Gasteiger partial charge in [-0.25, -0.2) is 9.18 Å². The van der Waals surface area contributed by atoms with E-state index in [-0.39, 0.29) is 17.0 Å². The summed E-state index contributed by atoms with van der Waals surface area (Å²) in [5.74, 6) is -0.999. The van der Waals surface area contributed by atoms with Crippen molar-refractivity contribution in [3.63, 3.8) is 0 Å². The molecule has 20 heavy (non-hydrogen) atoms. The molecule has 0 aliphatic heterocycles. The maximum Gasteiger partial charge on any atom is 0.339 e. The molecule has 0 spiro atoms. The quantitative estimate of drug-likeness (QED) is 0.751. The van der Waals surface area contributed by atoms with Gasteiger partial charge in [-0.2, -0.15) is 0 Å². The number of fused-ring (bicyclic) bond motifs is 1. The zero-order valence-corrected chi connectivity index (χ0v) is 10.8. The van der Waals surface area contributed by atoms with E-state index in [0.717, 1.165) is 0 Å². The van der Waals surface area contributed by atoms with Crippen LogP contribution >= 0.6 is 11.6 Å². The number of carboxylic acid groups (broad SMARTS) is 1. The Bertz CT molecular complexity index is 806. The summed E-state index contributed by atoms with van der Waals surface area (Å²) in [7, 11) is 0. The number of furan rings is 1. The Morgan fingerprint density at radius 1 is 1.15 bits per heavy atom. The highest BCUT2D eigenvalue weighted by atomic mass is 35.5. The van der Waals surface area contributed by atoms with Crippen LogP contribution in [0.3, 0.4) is 0 Å². The molecule has 0 radical (unpaired) electrons. The minimum absolute atomic E-state index is 0.000798. The van der Waals surface area contributed by atoms with Crippen LogP contribution in [0.4, 0.5) is 4.39 Å². The largest absolute Gasteiger partial charge is 0.478 e. The summed E-state index contributed by atoms with van der Waals surface area (Å²) < 4.78 is 18.5. The van der Waals surface area contributed by atoms with Crippen molar-refractivity contribution >= 4 is 28.5 Å². The predicted molar refractivity (Wildman–Crippen MR) is 73.6 cm³/mol. The number of carbonyl (C=O) groups is 1. The lowest BCUT2D eigenvalue weighted by molar-refractivity contribution is 0.0698. The normalized spacial score (nSPS) is 10.9. The number of carboxylic acids is 1. The van der Waals surface area contributed by atoms with E-state index in [9.17, 15) is 9.18 Å². The number of benzene rings is 2. The van der Waals surface area contributed by atoms with Crippen LogP contribution in [-0.4, -0.2) is 11.1 Å². The average Bonchev–Trinajstić information content (AvgIpc) is 2.81. The van der Waals surface area contributed by atoms with E-state index in [1.807, 2.05) is 0 Å². The van der Waals surface area contributed by atoms with E-state index in [0.29, 0.717) is 21.7 Å². The smallest absolute Gasteiger partial charge is 0.339 e. The Labute approximate surface area is 118 Å². The Kier molecular flexibility index (Phi) is 2.95. The zero-order valence-electron chi connectivity index (χ0n) is 10.1. The lowest BCUT2D eigenvalue weighted by Crippen LogP contribution is -1.96. The van der Waals surface area contributed by atoms with Crippen LogP contribution in [0.2, 0.25) is 5.02 Å². The van der Waals surface area contributed by atoms with E-state index < -0.39 is 5.97 Å². The summed E-state index contributed by atoms with van der Waals surface area (Å²) in [5, 5.41) is 10.1. The van der Waals surface area contributed by atoms with Gasteiger partial charge in [-0.3, -0.25) is 0 Å². The maximum atomic E-state index is 12.9. The molecular formula is C15H8ClFO3. The number of halogens is 2. The number of hydrogen-bond acceptors (Lipinski definition) is 2. The van der Waals surface area contributed by atoms with Gasteiger partial charge in [-0.05, 0) is 42.5 Å². The third-order valence-corrected chi connectivity index (χ3v) is 3.16. The zero-order chi connectivity index (χ0) is 14.3. The van der Waals surface area contributed by atoms with Gasteiger partial charge in [0.15, 0.2) is 0 Å². The molecule has 0 bridgehead atoms. The summed E-state index contributed by atoms with van der Waals surface area (Å²) in [6, 6.07) is 10.4. The molecular weight excluding hydrogens is 283 g/mol. The van der Waals surface area contributed by atoms with E-state index in [1.54, 1.807) is 24.3 Å². The van der Waals surface area contributed by atoms with Crippen LogP contribution in [0.25, 0.3) is 22.3 Å². The van der Waals surface area contributed by atoms with Crippen molar-refractivity contribution < 1.29 is 18.7 Å². The van der Waals surface area contributed by atoms with E-state index in [2.05, 4.69) is 0 Å². The number of rotatable bonds is 2. The van der Waals surface area contributed by atoms with Gasteiger partial charge in [0, 0.05) is 16.0 Å². The molecule has 0 saturated heterocycles.